The number of aromatic nitrogens is 1. The van der Waals surface area contributed by atoms with E-state index >= 15 is 0 Å². The summed E-state index contributed by atoms with van der Waals surface area (Å²) in [5.41, 5.74) is 0.405. The number of pyridine rings is 1. The van der Waals surface area contributed by atoms with Gasteiger partial charge in [0.1, 0.15) is 11.9 Å². The van der Waals surface area contributed by atoms with Crippen molar-refractivity contribution in [2.75, 3.05) is 11.9 Å². The molecule has 1 heterocycles. The molecule has 2 unspecified atom stereocenters. The smallest absolute Gasteiger partial charge is 0.311 e. The molecular formula is C12H16BrN3O3. The minimum Gasteiger partial charge on any atom is -0.396 e. The van der Waals surface area contributed by atoms with Gasteiger partial charge < -0.3 is 10.4 Å². The third-order valence-corrected chi connectivity index (χ3v) is 4.15. The Balaban J connectivity index is 2.24. The van der Waals surface area contributed by atoms with Crippen molar-refractivity contribution in [3.8, 4) is 0 Å². The molecule has 7 heteroatoms. The molecule has 6 nitrogen and oxygen atoms in total. The van der Waals surface area contributed by atoms with Crippen LogP contribution in [0.2, 0.25) is 0 Å². The third-order valence-electron chi connectivity index (χ3n) is 3.55. The highest BCUT2D eigenvalue weighted by Gasteiger charge is 2.27. The summed E-state index contributed by atoms with van der Waals surface area (Å²) in [4.78, 5) is 14.4. The molecule has 1 aromatic heterocycles. The van der Waals surface area contributed by atoms with E-state index in [-0.39, 0.29) is 24.3 Å². The van der Waals surface area contributed by atoms with Crippen LogP contribution in [0.1, 0.15) is 25.7 Å². The molecule has 0 amide bonds. The molecule has 0 aromatic carbocycles. The summed E-state index contributed by atoms with van der Waals surface area (Å²) in [6.45, 7) is 0.105. The van der Waals surface area contributed by atoms with Gasteiger partial charge in [-0.2, -0.15) is 0 Å². The van der Waals surface area contributed by atoms with E-state index in [1.165, 1.54) is 12.4 Å². The Bertz CT molecular complexity index is 470. The van der Waals surface area contributed by atoms with Crippen molar-refractivity contribution in [3.63, 3.8) is 0 Å². The zero-order chi connectivity index (χ0) is 13.8. The lowest BCUT2D eigenvalue weighted by Gasteiger charge is -2.31. The molecule has 0 bridgehead atoms. The van der Waals surface area contributed by atoms with Gasteiger partial charge in [0.15, 0.2) is 0 Å². The average Bonchev–Trinajstić information content (AvgIpc) is 2.41. The van der Waals surface area contributed by atoms with Crippen LogP contribution in [-0.2, 0) is 0 Å². The zero-order valence-corrected chi connectivity index (χ0v) is 12.0. The van der Waals surface area contributed by atoms with Gasteiger partial charge in [0, 0.05) is 24.8 Å². The maximum atomic E-state index is 11.0. The maximum Gasteiger partial charge on any atom is 0.311 e. The van der Waals surface area contributed by atoms with Crippen molar-refractivity contribution >= 4 is 27.3 Å². The van der Waals surface area contributed by atoms with Crippen LogP contribution in [0.4, 0.5) is 11.4 Å². The number of aliphatic hydroxyl groups is 1. The van der Waals surface area contributed by atoms with Gasteiger partial charge in [0.25, 0.3) is 0 Å². The fourth-order valence-corrected chi connectivity index (χ4v) is 2.94. The molecule has 1 fully saturated rings. The van der Waals surface area contributed by atoms with E-state index in [0.29, 0.717) is 10.2 Å². The Morgan fingerprint density at radius 3 is 2.89 bits per heavy atom. The Kier molecular flexibility index (Phi) is 4.71. The molecular weight excluding hydrogens is 314 g/mol. The van der Waals surface area contributed by atoms with Crippen LogP contribution < -0.4 is 5.32 Å². The van der Waals surface area contributed by atoms with E-state index in [0.717, 1.165) is 25.7 Å². The maximum absolute atomic E-state index is 11.0. The fourth-order valence-electron chi connectivity index (χ4n) is 2.51. The summed E-state index contributed by atoms with van der Waals surface area (Å²) in [5.74, 6) is 0.147. The van der Waals surface area contributed by atoms with E-state index in [2.05, 4.69) is 26.2 Å². The van der Waals surface area contributed by atoms with Crippen molar-refractivity contribution in [2.24, 2.45) is 5.92 Å². The minimum absolute atomic E-state index is 0.0448. The normalized spacial score (nSPS) is 23.1. The minimum atomic E-state index is -0.448. The van der Waals surface area contributed by atoms with E-state index in [1.807, 2.05) is 0 Å². The Morgan fingerprint density at radius 2 is 2.21 bits per heavy atom. The van der Waals surface area contributed by atoms with Crippen LogP contribution in [0.25, 0.3) is 0 Å². The molecule has 0 radical (unpaired) electrons. The zero-order valence-electron chi connectivity index (χ0n) is 10.4. The largest absolute Gasteiger partial charge is 0.396 e. The highest BCUT2D eigenvalue weighted by atomic mass is 79.9. The molecule has 2 N–H and O–H groups in total. The second-order valence-electron chi connectivity index (χ2n) is 4.75. The number of rotatable bonds is 4. The molecule has 0 saturated heterocycles. The van der Waals surface area contributed by atoms with Gasteiger partial charge >= 0.3 is 5.69 Å². The molecule has 1 aromatic rings. The molecule has 2 rings (SSSR count). The van der Waals surface area contributed by atoms with Crippen molar-refractivity contribution in [3.05, 3.63) is 27.0 Å². The lowest BCUT2D eigenvalue weighted by molar-refractivity contribution is -0.384. The Morgan fingerprint density at radius 1 is 1.47 bits per heavy atom. The van der Waals surface area contributed by atoms with Crippen molar-refractivity contribution < 1.29 is 10.0 Å². The Labute approximate surface area is 119 Å². The first-order valence-corrected chi connectivity index (χ1v) is 7.08. The molecule has 0 aliphatic heterocycles. The number of hydrogen-bond acceptors (Lipinski definition) is 5. The van der Waals surface area contributed by atoms with E-state index < -0.39 is 4.92 Å². The van der Waals surface area contributed by atoms with Crippen molar-refractivity contribution in [1.29, 1.82) is 0 Å². The van der Waals surface area contributed by atoms with Crippen molar-refractivity contribution in [1.82, 2.24) is 4.98 Å². The number of anilines is 1. The van der Waals surface area contributed by atoms with Gasteiger partial charge in [0.2, 0.25) is 0 Å². The van der Waals surface area contributed by atoms with Gasteiger partial charge in [-0.15, -0.1) is 0 Å². The van der Waals surface area contributed by atoms with Crippen LogP contribution in [0.5, 0.6) is 0 Å². The first-order valence-electron chi connectivity index (χ1n) is 6.28. The molecule has 1 aliphatic rings. The highest BCUT2D eigenvalue weighted by Crippen LogP contribution is 2.35. The van der Waals surface area contributed by atoms with Gasteiger partial charge in [-0.25, -0.2) is 0 Å². The second-order valence-corrected chi connectivity index (χ2v) is 5.60. The van der Waals surface area contributed by atoms with Crippen LogP contribution in [0, 0.1) is 16.0 Å². The van der Waals surface area contributed by atoms with E-state index in [9.17, 15) is 15.2 Å². The molecule has 2 atom stereocenters. The lowest BCUT2D eigenvalue weighted by Crippen LogP contribution is -2.34. The quantitative estimate of drug-likeness (QED) is 0.655. The summed E-state index contributed by atoms with van der Waals surface area (Å²) in [6, 6.07) is 0.0659. The van der Waals surface area contributed by atoms with Gasteiger partial charge in [-0.1, -0.05) is 12.8 Å². The number of aliphatic hydroxyl groups excluding tert-OH is 1. The summed E-state index contributed by atoms with van der Waals surface area (Å²) >= 11 is 3.29. The standard InChI is InChI=1S/C12H16BrN3O3/c13-9-5-14-6-11(16(18)19)12(9)15-10-4-2-1-3-8(10)7-17/h5-6,8,10,17H,1-4,7H2,(H,14,15). The predicted molar refractivity (Wildman–Crippen MR) is 75.0 cm³/mol. The molecule has 19 heavy (non-hydrogen) atoms. The van der Waals surface area contributed by atoms with Gasteiger partial charge in [-0.05, 0) is 28.8 Å². The highest BCUT2D eigenvalue weighted by molar-refractivity contribution is 9.10. The van der Waals surface area contributed by atoms with E-state index in [4.69, 9.17) is 0 Å². The summed E-state index contributed by atoms with van der Waals surface area (Å²) in [6.07, 6.45) is 6.81. The predicted octanol–water partition coefficient (Wildman–Crippen LogP) is 2.72. The fraction of sp³-hybridized carbons (Fsp3) is 0.583. The van der Waals surface area contributed by atoms with Crippen LogP contribution in [-0.4, -0.2) is 27.7 Å². The number of nitro groups is 1. The Hall–Kier alpha value is -1.21. The van der Waals surface area contributed by atoms with Gasteiger partial charge in [-0.3, -0.25) is 15.1 Å². The lowest BCUT2D eigenvalue weighted by atomic mass is 9.85. The first kappa shape index (κ1) is 14.2. The summed E-state index contributed by atoms with van der Waals surface area (Å²) in [5, 5.41) is 23.6. The van der Waals surface area contributed by atoms with Crippen LogP contribution in [0.15, 0.2) is 16.9 Å². The number of hydrogen-bond donors (Lipinski definition) is 2. The van der Waals surface area contributed by atoms with Crippen LogP contribution in [0.3, 0.4) is 0 Å². The second kappa shape index (κ2) is 6.29. The molecule has 104 valence electrons. The number of nitrogens with zero attached hydrogens (tertiary/aromatic N) is 2. The number of halogens is 1. The molecule has 1 aliphatic carbocycles. The molecule has 0 spiro atoms. The first-order chi connectivity index (χ1) is 9.13. The summed E-state index contributed by atoms with van der Waals surface area (Å²) < 4.78 is 0.573. The molecule has 1 saturated carbocycles. The SMILES string of the molecule is O=[N+]([O-])c1cncc(Br)c1NC1CCCCC1CO. The van der Waals surface area contributed by atoms with E-state index in [1.54, 1.807) is 0 Å². The van der Waals surface area contributed by atoms with Crippen LogP contribution >= 0.6 is 15.9 Å². The topological polar surface area (TPSA) is 88.3 Å². The monoisotopic (exact) mass is 329 g/mol. The average molecular weight is 330 g/mol. The number of nitrogens with one attached hydrogen (secondary N) is 1. The van der Waals surface area contributed by atoms with Gasteiger partial charge in [0.05, 0.1) is 9.40 Å². The van der Waals surface area contributed by atoms with Crippen molar-refractivity contribution in [2.45, 2.75) is 31.7 Å². The summed E-state index contributed by atoms with van der Waals surface area (Å²) in [7, 11) is 0. The third kappa shape index (κ3) is 3.22.